The lowest BCUT2D eigenvalue weighted by Crippen LogP contribution is -2.47. The number of aryl methyl sites for hydroxylation is 1. The number of ether oxygens (including phenoxy) is 1. The number of aromatic nitrogens is 4. The van der Waals surface area contributed by atoms with Crippen LogP contribution in [-0.2, 0) is 17.8 Å². The van der Waals surface area contributed by atoms with E-state index >= 15 is 0 Å². The number of fused-ring (bicyclic) bond motifs is 5. The third-order valence-corrected chi connectivity index (χ3v) is 6.75. The lowest BCUT2D eigenvalue weighted by atomic mass is 9.94. The molecular formula is C19H24N6O2S. The van der Waals surface area contributed by atoms with Gasteiger partial charge in [-0.05, 0) is 33.4 Å². The van der Waals surface area contributed by atoms with E-state index in [9.17, 15) is 4.79 Å². The predicted molar refractivity (Wildman–Crippen MR) is 107 cm³/mol. The second kappa shape index (κ2) is 6.20. The van der Waals surface area contributed by atoms with Gasteiger partial charge in [-0.25, -0.2) is 9.97 Å². The first kappa shape index (κ1) is 18.0. The molecule has 0 unspecified atom stereocenters. The summed E-state index contributed by atoms with van der Waals surface area (Å²) < 4.78 is 7.69. The highest BCUT2D eigenvalue weighted by Gasteiger charge is 2.32. The zero-order chi connectivity index (χ0) is 19.6. The summed E-state index contributed by atoms with van der Waals surface area (Å²) in [5.41, 5.74) is 1.75. The largest absolute Gasteiger partial charge is 0.370 e. The van der Waals surface area contributed by atoms with Gasteiger partial charge in [0.2, 0.25) is 5.82 Å². The number of hydrogen-bond acceptors (Lipinski definition) is 7. The number of rotatable bonds is 1. The predicted octanol–water partition coefficient (Wildman–Crippen LogP) is 1.89. The molecule has 0 bridgehead atoms. The Hall–Kier alpha value is -2.10. The molecule has 0 spiro atoms. The van der Waals surface area contributed by atoms with Crippen molar-refractivity contribution in [1.82, 2.24) is 29.4 Å². The fourth-order valence-corrected chi connectivity index (χ4v) is 5.13. The number of nitrogens with zero attached hydrogens (tertiary/aromatic N) is 6. The summed E-state index contributed by atoms with van der Waals surface area (Å²) in [6.07, 6.45) is 0.803. The third-order valence-electron chi connectivity index (χ3n) is 5.65. The summed E-state index contributed by atoms with van der Waals surface area (Å²) in [6, 6.07) is 0. The molecule has 3 aromatic rings. The van der Waals surface area contributed by atoms with Crippen LogP contribution >= 0.6 is 11.3 Å². The highest BCUT2D eigenvalue weighted by Crippen LogP contribution is 2.39. The molecule has 0 saturated carbocycles. The van der Waals surface area contributed by atoms with Gasteiger partial charge >= 0.3 is 0 Å². The van der Waals surface area contributed by atoms with Gasteiger partial charge in [-0.1, -0.05) is 0 Å². The van der Waals surface area contributed by atoms with Crippen LogP contribution in [0.15, 0.2) is 0 Å². The minimum atomic E-state index is -0.221. The number of piperazine rings is 1. The topological polar surface area (TPSA) is 75.9 Å². The Bertz CT molecular complexity index is 1090. The molecule has 8 nitrogen and oxygen atoms in total. The highest BCUT2D eigenvalue weighted by atomic mass is 32.1. The van der Waals surface area contributed by atoms with E-state index in [1.54, 1.807) is 15.9 Å². The molecule has 1 fully saturated rings. The van der Waals surface area contributed by atoms with Crippen molar-refractivity contribution in [2.75, 3.05) is 33.2 Å². The van der Waals surface area contributed by atoms with Gasteiger partial charge in [0.05, 0.1) is 17.6 Å². The van der Waals surface area contributed by atoms with Crippen LogP contribution in [0, 0.1) is 6.92 Å². The summed E-state index contributed by atoms with van der Waals surface area (Å²) in [7, 11) is 2.07. The molecule has 0 N–H and O–H groups in total. The molecule has 3 aromatic heterocycles. The van der Waals surface area contributed by atoms with Crippen molar-refractivity contribution in [3.05, 3.63) is 22.1 Å². The third kappa shape index (κ3) is 2.80. The quantitative estimate of drug-likeness (QED) is 0.621. The molecular weight excluding hydrogens is 376 g/mol. The van der Waals surface area contributed by atoms with E-state index < -0.39 is 0 Å². The summed E-state index contributed by atoms with van der Waals surface area (Å²) in [5, 5.41) is 5.55. The van der Waals surface area contributed by atoms with Crippen molar-refractivity contribution in [3.63, 3.8) is 0 Å². The molecule has 5 rings (SSSR count). The van der Waals surface area contributed by atoms with Gasteiger partial charge in [-0.3, -0.25) is 4.79 Å². The van der Waals surface area contributed by atoms with Crippen molar-refractivity contribution in [3.8, 4) is 0 Å². The van der Waals surface area contributed by atoms with Crippen LogP contribution < -0.4 is 0 Å². The number of carbonyl (C=O) groups excluding carboxylic acids is 1. The summed E-state index contributed by atoms with van der Waals surface area (Å²) >= 11 is 1.66. The van der Waals surface area contributed by atoms with E-state index in [1.165, 1.54) is 10.4 Å². The van der Waals surface area contributed by atoms with Gasteiger partial charge in [0.15, 0.2) is 5.65 Å². The van der Waals surface area contributed by atoms with E-state index in [0.29, 0.717) is 19.7 Å². The van der Waals surface area contributed by atoms with Crippen LogP contribution in [0.4, 0.5) is 0 Å². The highest BCUT2D eigenvalue weighted by molar-refractivity contribution is 7.19. The fourth-order valence-electron chi connectivity index (χ4n) is 3.98. The molecule has 0 aliphatic carbocycles. The molecule has 0 aromatic carbocycles. The molecule has 2 aliphatic rings. The SMILES string of the molecule is Cc1nc2sc3c(c2c2nc(C(=O)N4CCN(C)CC4)nn12)CC(C)(C)OC3. The minimum Gasteiger partial charge on any atom is -0.370 e. The lowest BCUT2D eigenvalue weighted by molar-refractivity contribution is -0.0379. The summed E-state index contributed by atoms with van der Waals surface area (Å²) in [4.78, 5) is 28.6. The molecule has 0 radical (unpaired) electrons. The first-order valence-electron chi connectivity index (χ1n) is 9.62. The van der Waals surface area contributed by atoms with Gasteiger partial charge in [0, 0.05) is 37.5 Å². The Balaban J connectivity index is 1.63. The van der Waals surface area contributed by atoms with Crippen molar-refractivity contribution >= 4 is 33.1 Å². The normalized spacial score (nSPS) is 20.1. The summed E-state index contributed by atoms with van der Waals surface area (Å²) in [5.74, 6) is 0.900. The maximum atomic E-state index is 13.0. The Morgan fingerprint density at radius 3 is 2.68 bits per heavy atom. The van der Waals surface area contributed by atoms with Crippen molar-refractivity contribution in [2.24, 2.45) is 0 Å². The maximum Gasteiger partial charge on any atom is 0.293 e. The van der Waals surface area contributed by atoms with Crippen molar-refractivity contribution in [2.45, 2.75) is 39.4 Å². The standard InChI is InChI=1S/C19H24N6O2S/c1-11-20-17-14(12-9-19(2,3)27-10-13(12)28-17)16-21-15(22-25(11)16)18(26)24-7-5-23(4)6-8-24/h5-10H2,1-4H3. The van der Waals surface area contributed by atoms with E-state index in [2.05, 4.69) is 30.9 Å². The summed E-state index contributed by atoms with van der Waals surface area (Å²) in [6.45, 7) is 9.86. The number of likely N-dealkylation sites (N-methyl/N-ethyl adjacent to an activating group) is 1. The van der Waals surface area contributed by atoms with Crippen molar-refractivity contribution < 1.29 is 9.53 Å². The van der Waals surface area contributed by atoms with Crippen molar-refractivity contribution in [1.29, 1.82) is 0 Å². The average Bonchev–Trinajstić information content (AvgIpc) is 3.22. The van der Waals surface area contributed by atoms with Crippen LogP contribution in [0.1, 0.15) is 40.7 Å². The Labute approximate surface area is 167 Å². The Morgan fingerprint density at radius 2 is 1.93 bits per heavy atom. The second-order valence-corrected chi connectivity index (χ2v) is 9.42. The minimum absolute atomic E-state index is 0.0999. The van der Waals surface area contributed by atoms with Gasteiger partial charge in [0.1, 0.15) is 10.7 Å². The first-order chi connectivity index (χ1) is 13.3. The number of hydrogen-bond donors (Lipinski definition) is 0. The molecule has 28 heavy (non-hydrogen) atoms. The molecule has 0 atom stereocenters. The first-order valence-corrected chi connectivity index (χ1v) is 10.4. The van der Waals surface area contributed by atoms with Gasteiger partial charge in [-0.15, -0.1) is 16.4 Å². The van der Waals surface area contributed by atoms with E-state index in [0.717, 1.165) is 41.2 Å². The monoisotopic (exact) mass is 400 g/mol. The van der Waals surface area contributed by atoms with Gasteiger partial charge < -0.3 is 14.5 Å². The molecule has 148 valence electrons. The fraction of sp³-hybridized carbons (Fsp3) is 0.579. The molecule has 1 amide bonds. The second-order valence-electron chi connectivity index (χ2n) is 8.33. The number of amides is 1. The Morgan fingerprint density at radius 1 is 1.18 bits per heavy atom. The van der Waals surface area contributed by atoms with Crippen LogP contribution in [0.2, 0.25) is 0 Å². The Kier molecular flexibility index (Phi) is 3.98. The van der Waals surface area contributed by atoms with E-state index in [-0.39, 0.29) is 17.3 Å². The van der Waals surface area contributed by atoms with Gasteiger partial charge in [-0.2, -0.15) is 4.52 Å². The van der Waals surface area contributed by atoms with E-state index in [1.807, 2.05) is 11.8 Å². The average molecular weight is 401 g/mol. The number of carbonyl (C=O) groups is 1. The maximum absolute atomic E-state index is 13.0. The lowest BCUT2D eigenvalue weighted by Gasteiger charge is -2.31. The smallest absolute Gasteiger partial charge is 0.293 e. The number of thiophene rings is 1. The van der Waals surface area contributed by atoms with E-state index in [4.69, 9.17) is 14.7 Å². The molecule has 1 saturated heterocycles. The molecule has 5 heterocycles. The molecule has 2 aliphatic heterocycles. The molecule has 9 heteroatoms. The van der Waals surface area contributed by atoms with Crippen LogP contribution in [0.5, 0.6) is 0 Å². The van der Waals surface area contributed by atoms with Crippen LogP contribution in [0.3, 0.4) is 0 Å². The van der Waals surface area contributed by atoms with Crippen LogP contribution in [-0.4, -0.2) is 74.1 Å². The van der Waals surface area contributed by atoms with Gasteiger partial charge in [0.25, 0.3) is 5.91 Å². The zero-order valence-corrected chi connectivity index (χ0v) is 17.5. The zero-order valence-electron chi connectivity index (χ0n) is 16.7. The van der Waals surface area contributed by atoms with Crippen LogP contribution in [0.25, 0.3) is 15.9 Å².